The Morgan fingerprint density at radius 1 is 1.38 bits per heavy atom. The van der Waals surface area contributed by atoms with Crippen LogP contribution in [0.2, 0.25) is 0 Å². The second kappa shape index (κ2) is 11.0. The predicted molar refractivity (Wildman–Crippen MR) is 93.5 cm³/mol. The molecule has 0 rings (SSSR count). The summed E-state index contributed by atoms with van der Waals surface area (Å²) < 4.78 is 5.34. The quantitative estimate of drug-likeness (QED) is 0.367. The fourth-order valence-corrected chi connectivity index (χ4v) is 3.27. The molecule has 0 aliphatic heterocycles. The molecule has 21 heavy (non-hydrogen) atoms. The van der Waals surface area contributed by atoms with Gasteiger partial charge in [0.1, 0.15) is 5.60 Å². The summed E-state index contributed by atoms with van der Waals surface area (Å²) in [5.41, 5.74) is 6.12. The standard InChI is InChI=1S/C16H33N2O2P/c1-6-9-13(2)14(12-21-11-8-7-10-17)18-15(19)20-16(3,4)5/h14,21H,2,6-12,17H2,1,3-5H3,(H,18,19). The lowest BCUT2D eigenvalue weighted by molar-refractivity contribution is 0.0516. The maximum Gasteiger partial charge on any atom is 0.408 e. The third-order valence-corrected chi connectivity index (χ3v) is 4.32. The Balaban J connectivity index is 4.32. The van der Waals surface area contributed by atoms with Crippen LogP contribution in [0.4, 0.5) is 4.79 Å². The molecule has 0 radical (unpaired) electrons. The molecular formula is C16H33N2O2P. The van der Waals surface area contributed by atoms with Gasteiger partial charge in [-0.1, -0.05) is 25.5 Å². The molecule has 0 fully saturated rings. The van der Waals surface area contributed by atoms with Crippen molar-refractivity contribution < 1.29 is 9.53 Å². The van der Waals surface area contributed by atoms with E-state index in [-0.39, 0.29) is 12.1 Å². The van der Waals surface area contributed by atoms with Gasteiger partial charge in [-0.25, -0.2) is 4.79 Å². The molecule has 0 aromatic rings. The number of amides is 1. The van der Waals surface area contributed by atoms with Crippen LogP contribution in [-0.4, -0.2) is 36.6 Å². The van der Waals surface area contributed by atoms with Crippen molar-refractivity contribution >= 4 is 14.7 Å². The van der Waals surface area contributed by atoms with E-state index in [0.29, 0.717) is 0 Å². The fourth-order valence-electron chi connectivity index (χ4n) is 1.88. The molecule has 0 spiro atoms. The van der Waals surface area contributed by atoms with Gasteiger partial charge in [0.05, 0.1) is 6.04 Å². The fraction of sp³-hybridized carbons (Fsp3) is 0.812. The molecule has 0 aliphatic carbocycles. The van der Waals surface area contributed by atoms with Crippen LogP contribution in [0.5, 0.6) is 0 Å². The highest BCUT2D eigenvalue weighted by atomic mass is 31.1. The van der Waals surface area contributed by atoms with Crippen LogP contribution in [0.15, 0.2) is 12.2 Å². The van der Waals surface area contributed by atoms with E-state index in [1.54, 1.807) is 0 Å². The minimum atomic E-state index is -0.468. The Morgan fingerprint density at radius 2 is 2.05 bits per heavy atom. The van der Waals surface area contributed by atoms with Crippen LogP contribution in [0.25, 0.3) is 0 Å². The van der Waals surface area contributed by atoms with E-state index >= 15 is 0 Å². The van der Waals surface area contributed by atoms with Gasteiger partial charge >= 0.3 is 6.09 Å². The summed E-state index contributed by atoms with van der Waals surface area (Å²) >= 11 is 0. The number of nitrogens with one attached hydrogen (secondary N) is 1. The lowest BCUT2D eigenvalue weighted by atomic mass is 10.1. The Labute approximate surface area is 132 Å². The molecule has 0 bridgehead atoms. The van der Waals surface area contributed by atoms with Crippen molar-refractivity contribution in [1.29, 1.82) is 0 Å². The molecule has 1 amide bonds. The zero-order chi connectivity index (χ0) is 16.3. The third kappa shape index (κ3) is 11.7. The number of hydrogen-bond donors (Lipinski definition) is 2. The van der Waals surface area contributed by atoms with E-state index in [1.807, 2.05) is 20.8 Å². The number of nitrogens with two attached hydrogens (primary N) is 1. The van der Waals surface area contributed by atoms with Gasteiger partial charge in [-0.3, -0.25) is 0 Å². The van der Waals surface area contributed by atoms with Crippen molar-refractivity contribution in [3.8, 4) is 0 Å². The lowest BCUT2D eigenvalue weighted by Crippen LogP contribution is -2.41. The second-order valence-corrected chi connectivity index (χ2v) is 7.72. The van der Waals surface area contributed by atoms with Crippen LogP contribution in [0.1, 0.15) is 53.4 Å². The Hall–Kier alpha value is -0.600. The van der Waals surface area contributed by atoms with Crippen LogP contribution >= 0.6 is 8.58 Å². The first-order valence-electron chi connectivity index (χ1n) is 7.88. The van der Waals surface area contributed by atoms with Gasteiger partial charge in [0.25, 0.3) is 0 Å². The molecule has 124 valence electrons. The van der Waals surface area contributed by atoms with E-state index in [4.69, 9.17) is 10.5 Å². The van der Waals surface area contributed by atoms with Gasteiger partial charge in [0.2, 0.25) is 0 Å². The highest BCUT2D eigenvalue weighted by Gasteiger charge is 2.20. The Bertz CT molecular complexity index is 314. The number of alkyl carbamates (subject to hydrolysis) is 1. The molecule has 3 N–H and O–H groups in total. The maximum absolute atomic E-state index is 11.9. The Kier molecular flexibility index (Phi) is 10.7. The minimum absolute atomic E-state index is 0.0241. The summed E-state index contributed by atoms with van der Waals surface area (Å²) in [6, 6.07) is 0.0241. The smallest absolute Gasteiger partial charge is 0.408 e. The summed E-state index contributed by atoms with van der Waals surface area (Å²) in [6.07, 6.45) is 5.99. The number of rotatable bonds is 10. The van der Waals surface area contributed by atoms with Crippen molar-refractivity contribution in [2.45, 2.75) is 65.0 Å². The van der Waals surface area contributed by atoms with E-state index < -0.39 is 5.60 Å². The Morgan fingerprint density at radius 3 is 2.57 bits per heavy atom. The first-order valence-corrected chi connectivity index (χ1v) is 9.29. The SMILES string of the molecule is C=C(CCC)C(CPCCCCN)NC(=O)OC(C)(C)C. The van der Waals surface area contributed by atoms with Crippen molar-refractivity contribution in [2.24, 2.45) is 5.73 Å². The first-order chi connectivity index (χ1) is 9.80. The molecule has 5 heteroatoms. The summed E-state index contributed by atoms with van der Waals surface area (Å²) in [6.45, 7) is 12.6. The van der Waals surface area contributed by atoms with E-state index in [0.717, 1.165) is 52.5 Å². The third-order valence-electron chi connectivity index (χ3n) is 2.91. The number of unbranched alkanes of at least 4 members (excludes halogenated alkanes) is 1. The predicted octanol–water partition coefficient (Wildman–Crippen LogP) is 3.65. The molecule has 0 aromatic heterocycles. The van der Waals surface area contributed by atoms with Crippen LogP contribution in [-0.2, 0) is 4.74 Å². The topological polar surface area (TPSA) is 64.3 Å². The van der Waals surface area contributed by atoms with Gasteiger partial charge in [0, 0.05) is 0 Å². The summed E-state index contributed by atoms with van der Waals surface area (Å²) in [7, 11) is 0.821. The largest absolute Gasteiger partial charge is 0.444 e. The zero-order valence-corrected chi connectivity index (χ0v) is 15.1. The molecule has 0 saturated heterocycles. The number of carbonyl (C=O) groups excluding carboxylic acids is 1. The average molecular weight is 316 g/mol. The van der Waals surface area contributed by atoms with Gasteiger partial charge in [-0.15, -0.1) is 8.58 Å². The van der Waals surface area contributed by atoms with Crippen molar-refractivity contribution in [3.63, 3.8) is 0 Å². The molecule has 2 atom stereocenters. The highest BCUT2D eigenvalue weighted by molar-refractivity contribution is 7.38. The summed E-state index contributed by atoms with van der Waals surface area (Å²) in [4.78, 5) is 11.9. The second-order valence-electron chi connectivity index (χ2n) is 6.31. The van der Waals surface area contributed by atoms with Crippen molar-refractivity contribution in [2.75, 3.05) is 18.9 Å². The minimum Gasteiger partial charge on any atom is -0.444 e. The molecule has 2 unspecified atom stereocenters. The first kappa shape index (κ1) is 20.4. The van der Waals surface area contributed by atoms with Crippen molar-refractivity contribution in [1.82, 2.24) is 5.32 Å². The molecule has 0 aliphatic rings. The van der Waals surface area contributed by atoms with Gasteiger partial charge in [-0.05, 0) is 58.9 Å². The van der Waals surface area contributed by atoms with Crippen molar-refractivity contribution in [3.05, 3.63) is 12.2 Å². The zero-order valence-electron chi connectivity index (χ0n) is 14.1. The van der Waals surface area contributed by atoms with Crippen LogP contribution in [0.3, 0.4) is 0 Å². The average Bonchev–Trinajstić information content (AvgIpc) is 2.35. The number of carbonyl (C=O) groups is 1. The lowest BCUT2D eigenvalue weighted by Gasteiger charge is -2.25. The monoisotopic (exact) mass is 316 g/mol. The molecule has 0 aromatic carbocycles. The van der Waals surface area contributed by atoms with Gasteiger partial charge < -0.3 is 15.8 Å². The highest BCUT2D eigenvalue weighted by Crippen LogP contribution is 2.20. The van der Waals surface area contributed by atoms with E-state index in [1.165, 1.54) is 6.16 Å². The van der Waals surface area contributed by atoms with Crippen LogP contribution in [0, 0.1) is 0 Å². The summed E-state index contributed by atoms with van der Waals surface area (Å²) in [5.74, 6) is 0. The van der Waals surface area contributed by atoms with E-state index in [2.05, 4.69) is 18.8 Å². The maximum atomic E-state index is 11.9. The molecule has 0 saturated carbocycles. The molecule has 4 nitrogen and oxygen atoms in total. The number of hydrogen-bond acceptors (Lipinski definition) is 3. The normalized spacial score (nSPS) is 13.4. The van der Waals surface area contributed by atoms with Gasteiger partial charge in [0.15, 0.2) is 0 Å². The van der Waals surface area contributed by atoms with E-state index in [9.17, 15) is 4.79 Å². The molecular weight excluding hydrogens is 283 g/mol. The van der Waals surface area contributed by atoms with Gasteiger partial charge in [-0.2, -0.15) is 0 Å². The summed E-state index contributed by atoms with van der Waals surface area (Å²) in [5, 5.41) is 2.97. The van der Waals surface area contributed by atoms with Crippen LogP contribution < -0.4 is 11.1 Å². The molecule has 0 heterocycles. The number of ether oxygens (including phenoxy) is 1.